The third-order valence-electron chi connectivity index (χ3n) is 5.85. The van der Waals surface area contributed by atoms with E-state index in [-0.39, 0.29) is 11.9 Å². The molecule has 2 N–H and O–H groups in total. The minimum absolute atomic E-state index is 0.141. The van der Waals surface area contributed by atoms with E-state index >= 15 is 0 Å². The van der Waals surface area contributed by atoms with Gasteiger partial charge in [0.2, 0.25) is 0 Å². The van der Waals surface area contributed by atoms with Crippen molar-refractivity contribution < 1.29 is 19.1 Å². The van der Waals surface area contributed by atoms with Gasteiger partial charge < -0.3 is 24.3 Å². The number of benzene rings is 1. The van der Waals surface area contributed by atoms with E-state index in [0.29, 0.717) is 29.1 Å². The molecule has 0 radical (unpaired) electrons. The highest BCUT2D eigenvalue weighted by Gasteiger charge is 2.35. The maximum Gasteiger partial charge on any atom is 0.339 e. The fourth-order valence-electron chi connectivity index (χ4n) is 4.25. The van der Waals surface area contributed by atoms with Crippen LogP contribution in [-0.2, 0) is 4.74 Å². The summed E-state index contributed by atoms with van der Waals surface area (Å²) >= 11 is 0. The quantitative estimate of drug-likeness (QED) is 0.609. The number of amides is 1. The molecule has 0 bridgehead atoms. The number of aromatic amines is 2. The molecule has 1 atom stereocenters. The van der Waals surface area contributed by atoms with Crippen molar-refractivity contribution in [3.8, 4) is 17.0 Å². The standard InChI is InChI=1S/C23H26N4O4/c1-13-19(23(29)31-4)14(2)25-20(13)22(28)27-10-6-9-18(27)21-24-12-17(26-21)15-7-5-8-16(11-15)30-3/h5,7-8,11-12,18,25H,6,9-10H2,1-4H3,(H,24,26). The molecule has 1 aromatic carbocycles. The minimum Gasteiger partial charge on any atom is -0.497 e. The van der Waals surface area contributed by atoms with Gasteiger partial charge >= 0.3 is 5.97 Å². The van der Waals surface area contributed by atoms with Crippen LogP contribution in [0.15, 0.2) is 30.5 Å². The number of hydrogen-bond donors (Lipinski definition) is 2. The Kier molecular flexibility index (Phi) is 5.54. The van der Waals surface area contributed by atoms with E-state index in [4.69, 9.17) is 9.47 Å². The SMILES string of the molecule is COC(=O)c1c(C)[nH]c(C(=O)N2CCCC2c2ncc(-c3cccc(OC)c3)[nH]2)c1C. The van der Waals surface area contributed by atoms with E-state index in [1.54, 1.807) is 27.2 Å². The molecule has 8 nitrogen and oxygen atoms in total. The van der Waals surface area contributed by atoms with Crippen molar-refractivity contribution in [1.29, 1.82) is 0 Å². The summed E-state index contributed by atoms with van der Waals surface area (Å²) in [6.07, 6.45) is 3.48. The molecule has 1 unspecified atom stereocenters. The van der Waals surface area contributed by atoms with Gasteiger partial charge in [0, 0.05) is 17.8 Å². The first-order valence-electron chi connectivity index (χ1n) is 10.2. The topological polar surface area (TPSA) is 100 Å². The highest BCUT2D eigenvalue weighted by molar-refractivity contribution is 6.00. The molecule has 1 fully saturated rings. The third-order valence-corrected chi connectivity index (χ3v) is 5.85. The Balaban J connectivity index is 1.61. The molecule has 3 heterocycles. The van der Waals surface area contributed by atoms with Crippen LogP contribution in [0.2, 0.25) is 0 Å². The van der Waals surface area contributed by atoms with Crippen molar-refractivity contribution >= 4 is 11.9 Å². The molecule has 1 aliphatic heterocycles. The molecular weight excluding hydrogens is 396 g/mol. The van der Waals surface area contributed by atoms with Crippen LogP contribution >= 0.6 is 0 Å². The molecule has 1 saturated heterocycles. The lowest BCUT2D eigenvalue weighted by atomic mass is 10.1. The second kappa shape index (κ2) is 8.29. The predicted molar refractivity (Wildman–Crippen MR) is 115 cm³/mol. The fourth-order valence-corrected chi connectivity index (χ4v) is 4.25. The fraction of sp³-hybridized carbons (Fsp3) is 0.348. The van der Waals surface area contributed by atoms with E-state index in [0.717, 1.165) is 35.7 Å². The first-order chi connectivity index (χ1) is 14.9. The number of imidazole rings is 1. The van der Waals surface area contributed by atoms with Crippen molar-refractivity contribution in [2.45, 2.75) is 32.7 Å². The molecule has 4 rings (SSSR count). The average molecular weight is 422 g/mol. The van der Waals surface area contributed by atoms with Crippen LogP contribution in [0.4, 0.5) is 0 Å². The molecule has 0 aliphatic carbocycles. The number of esters is 1. The minimum atomic E-state index is -0.447. The summed E-state index contributed by atoms with van der Waals surface area (Å²) in [6.45, 7) is 4.16. The average Bonchev–Trinajstić information content (AvgIpc) is 3.51. The molecule has 31 heavy (non-hydrogen) atoms. The summed E-state index contributed by atoms with van der Waals surface area (Å²) in [4.78, 5) is 38.3. The molecular formula is C23H26N4O4. The number of nitrogens with one attached hydrogen (secondary N) is 2. The highest BCUT2D eigenvalue weighted by atomic mass is 16.5. The number of hydrogen-bond acceptors (Lipinski definition) is 5. The first kappa shape index (κ1) is 20.7. The van der Waals surface area contributed by atoms with E-state index in [1.807, 2.05) is 29.2 Å². The Morgan fingerprint density at radius 2 is 2.00 bits per heavy atom. The van der Waals surface area contributed by atoms with Gasteiger partial charge in [-0.1, -0.05) is 12.1 Å². The number of methoxy groups -OCH3 is 2. The summed E-state index contributed by atoms with van der Waals surface area (Å²) in [7, 11) is 2.97. The van der Waals surface area contributed by atoms with Crippen LogP contribution in [0.5, 0.6) is 5.75 Å². The normalized spacial score (nSPS) is 15.9. The van der Waals surface area contributed by atoms with Gasteiger partial charge in [0.15, 0.2) is 0 Å². The number of carbonyl (C=O) groups excluding carboxylic acids is 2. The zero-order valence-corrected chi connectivity index (χ0v) is 18.1. The van der Waals surface area contributed by atoms with Gasteiger partial charge in [0.25, 0.3) is 5.91 Å². The Labute approximate surface area is 180 Å². The maximum absolute atomic E-state index is 13.4. The molecule has 0 saturated carbocycles. The monoisotopic (exact) mass is 422 g/mol. The largest absolute Gasteiger partial charge is 0.497 e. The smallest absolute Gasteiger partial charge is 0.339 e. The molecule has 3 aromatic rings. The van der Waals surface area contributed by atoms with E-state index < -0.39 is 5.97 Å². The lowest BCUT2D eigenvalue weighted by Gasteiger charge is -2.23. The zero-order valence-electron chi connectivity index (χ0n) is 18.1. The van der Waals surface area contributed by atoms with Crippen LogP contribution in [0.25, 0.3) is 11.3 Å². The van der Waals surface area contributed by atoms with Crippen LogP contribution in [-0.4, -0.2) is 52.5 Å². The number of ether oxygens (including phenoxy) is 2. The van der Waals surface area contributed by atoms with Crippen LogP contribution in [0.1, 0.15) is 56.8 Å². The van der Waals surface area contributed by atoms with Gasteiger partial charge in [-0.05, 0) is 44.4 Å². The molecule has 162 valence electrons. The Hall–Kier alpha value is -3.55. The lowest BCUT2D eigenvalue weighted by Crippen LogP contribution is -2.31. The number of nitrogens with zero attached hydrogens (tertiary/aromatic N) is 2. The Morgan fingerprint density at radius 1 is 1.19 bits per heavy atom. The van der Waals surface area contributed by atoms with Gasteiger partial charge in [-0.2, -0.15) is 0 Å². The van der Waals surface area contributed by atoms with Gasteiger partial charge in [0.1, 0.15) is 17.3 Å². The second-order valence-electron chi connectivity index (χ2n) is 7.69. The van der Waals surface area contributed by atoms with Crippen LogP contribution in [0.3, 0.4) is 0 Å². The number of aromatic nitrogens is 3. The number of rotatable bonds is 5. The zero-order chi connectivity index (χ0) is 22.1. The van der Waals surface area contributed by atoms with Gasteiger partial charge in [-0.15, -0.1) is 0 Å². The lowest BCUT2D eigenvalue weighted by molar-refractivity contribution is 0.0599. The molecule has 1 amide bonds. The molecule has 8 heteroatoms. The van der Waals surface area contributed by atoms with Crippen molar-refractivity contribution in [3.05, 3.63) is 58.8 Å². The summed E-state index contributed by atoms with van der Waals surface area (Å²) in [5.41, 5.74) is 3.91. The summed E-state index contributed by atoms with van der Waals surface area (Å²) in [5.74, 6) is 0.929. The summed E-state index contributed by atoms with van der Waals surface area (Å²) in [6, 6.07) is 7.58. The van der Waals surface area contributed by atoms with E-state index in [9.17, 15) is 9.59 Å². The number of aryl methyl sites for hydroxylation is 1. The summed E-state index contributed by atoms with van der Waals surface area (Å²) in [5, 5.41) is 0. The van der Waals surface area contributed by atoms with E-state index in [1.165, 1.54) is 7.11 Å². The third kappa shape index (κ3) is 3.69. The van der Waals surface area contributed by atoms with Gasteiger partial charge in [-0.25, -0.2) is 9.78 Å². The second-order valence-corrected chi connectivity index (χ2v) is 7.69. The van der Waals surface area contributed by atoms with Crippen molar-refractivity contribution in [2.75, 3.05) is 20.8 Å². The first-order valence-corrected chi connectivity index (χ1v) is 10.2. The van der Waals surface area contributed by atoms with E-state index in [2.05, 4.69) is 15.0 Å². The Bertz CT molecular complexity index is 1130. The summed E-state index contributed by atoms with van der Waals surface area (Å²) < 4.78 is 10.2. The van der Waals surface area contributed by atoms with Gasteiger partial charge in [0.05, 0.1) is 37.7 Å². The molecule has 2 aromatic heterocycles. The highest BCUT2D eigenvalue weighted by Crippen LogP contribution is 2.34. The van der Waals surface area contributed by atoms with Crippen molar-refractivity contribution in [2.24, 2.45) is 0 Å². The van der Waals surface area contributed by atoms with Crippen LogP contribution in [0, 0.1) is 13.8 Å². The van der Waals surface area contributed by atoms with Crippen molar-refractivity contribution in [3.63, 3.8) is 0 Å². The molecule has 0 spiro atoms. The number of H-pyrrole nitrogens is 2. The number of carbonyl (C=O) groups is 2. The maximum atomic E-state index is 13.4. The molecule has 1 aliphatic rings. The predicted octanol–water partition coefficient (Wildman–Crippen LogP) is 3.79. The van der Waals surface area contributed by atoms with Gasteiger partial charge in [-0.3, -0.25) is 4.79 Å². The number of likely N-dealkylation sites (tertiary alicyclic amines) is 1. The van der Waals surface area contributed by atoms with Crippen LogP contribution < -0.4 is 4.74 Å². The van der Waals surface area contributed by atoms with Crippen molar-refractivity contribution in [1.82, 2.24) is 19.9 Å². The Morgan fingerprint density at radius 3 is 2.74 bits per heavy atom.